The zero-order chi connectivity index (χ0) is 22.6. The molecule has 0 spiro atoms. The van der Waals surface area contributed by atoms with Gasteiger partial charge in [-0.2, -0.15) is 13.2 Å². The molecule has 2 aliphatic rings. The van der Waals surface area contributed by atoms with E-state index in [0.717, 1.165) is 19.3 Å². The molecule has 1 amide bonds. The molecule has 0 bridgehead atoms. The number of nitrogens with one attached hydrogen (secondary N) is 4. The molecule has 1 saturated carbocycles. The number of rotatable bonds is 4. The standard InChI is InChI=1S/C20H18BrF3N6O2/c1-32-19(31)28-13-3-2-8-11(6-26-17(8)14(13)21)16-12(20(22,23)24)7-27-18(30-16)29-15-9-4-25-5-10(9)15/h2-3,6-7,9-10,15,25-26H,4-5H2,1H3,(H,28,31)(H,27,29,30)/t9-,10+,15-. The number of methoxy groups -OCH3 is 1. The Kier molecular flexibility index (Phi) is 5.01. The summed E-state index contributed by atoms with van der Waals surface area (Å²) in [6.45, 7) is 1.77. The first-order chi connectivity index (χ1) is 15.3. The number of hydrogen-bond acceptors (Lipinski definition) is 6. The third-order valence-corrected chi connectivity index (χ3v) is 6.78. The number of fused-ring (bicyclic) bond motifs is 2. The third kappa shape index (κ3) is 3.56. The van der Waals surface area contributed by atoms with Crippen LogP contribution in [-0.4, -0.2) is 47.3 Å². The molecule has 1 saturated heterocycles. The van der Waals surface area contributed by atoms with Crippen LogP contribution >= 0.6 is 15.9 Å². The topological polar surface area (TPSA) is 104 Å². The molecule has 3 aromatic rings. The summed E-state index contributed by atoms with van der Waals surface area (Å²) in [6, 6.07) is 3.36. The summed E-state index contributed by atoms with van der Waals surface area (Å²) in [6.07, 6.45) is -3.00. The fraction of sp³-hybridized carbons (Fsp3) is 0.350. The Hall–Kier alpha value is -2.86. The highest BCUT2D eigenvalue weighted by Crippen LogP contribution is 2.44. The quantitative estimate of drug-likeness (QED) is 0.419. The highest BCUT2D eigenvalue weighted by Gasteiger charge is 2.53. The number of hydrogen-bond donors (Lipinski definition) is 4. The number of amides is 1. The van der Waals surface area contributed by atoms with Gasteiger partial charge in [-0.15, -0.1) is 0 Å². The van der Waals surface area contributed by atoms with E-state index >= 15 is 0 Å². The molecule has 3 heterocycles. The first kappa shape index (κ1) is 21.0. The lowest BCUT2D eigenvalue weighted by Crippen LogP contribution is -2.22. The molecule has 0 unspecified atom stereocenters. The van der Waals surface area contributed by atoms with Crippen molar-refractivity contribution in [2.75, 3.05) is 30.8 Å². The van der Waals surface area contributed by atoms with E-state index in [9.17, 15) is 18.0 Å². The molecule has 3 atom stereocenters. The zero-order valence-electron chi connectivity index (χ0n) is 16.7. The normalized spacial score (nSPS) is 22.0. The number of benzene rings is 1. The van der Waals surface area contributed by atoms with Crippen LogP contribution in [0.4, 0.5) is 29.6 Å². The number of carbonyl (C=O) groups is 1. The second kappa shape index (κ2) is 7.62. The van der Waals surface area contributed by atoms with E-state index in [1.54, 1.807) is 12.1 Å². The van der Waals surface area contributed by atoms with Crippen molar-refractivity contribution in [2.24, 2.45) is 11.8 Å². The van der Waals surface area contributed by atoms with Gasteiger partial charge >= 0.3 is 12.3 Å². The number of halogens is 4. The molecule has 1 aliphatic heterocycles. The maximum Gasteiger partial charge on any atom is 0.419 e. The van der Waals surface area contributed by atoms with Crippen molar-refractivity contribution < 1.29 is 22.7 Å². The van der Waals surface area contributed by atoms with E-state index in [1.807, 2.05) is 0 Å². The number of nitrogens with zero attached hydrogens (tertiary/aromatic N) is 2. The zero-order valence-corrected chi connectivity index (χ0v) is 18.3. The van der Waals surface area contributed by atoms with E-state index in [4.69, 9.17) is 0 Å². The lowest BCUT2D eigenvalue weighted by Gasteiger charge is -2.14. The van der Waals surface area contributed by atoms with Crippen molar-refractivity contribution in [1.82, 2.24) is 20.3 Å². The number of aromatic nitrogens is 3. The van der Waals surface area contributed by atoms with Crippen molar-refractivity contribution in [3.8, 4) is 11.3 Å². The molecule has 0 radical (unpaired) electrons. The van der Waals surface area contributed by atoms with Crippen LogP contribution in [-0.2, 0) is 10.9 Å². The SMILES string of the molecule is COC(=O)Nc1ccc2c(-c3nc(N[C@@H]4[C@@H]5CNC[C@@H]54)ncc3C(F)(F)F)c[nH]c2c1Br. The van der Waals surface area contributed by atoms with Crippen LogP contribution in [0.1, 0.15) is 5.56 Å². The van der Waals surface area contributed by atoms with Crippen molar-refractivity contribution in [2.45, 2.75) is 12.2 Å². The predicted octanol–water partition coefficient (Wildman–Crippen LogP) is 4.21. The number of H-pyrrole nitrogens is 1. The Balaban J connectivity index is 1.55. The van der Waals surface area contributed by atoms with Crippen LogP contribution in [0, 0.1) is 11.8 Å². The second-order valence-electron chi connectivity index (χ2n) is 7.78. The Morgan fingerprint density at radius 2 is 2.03 bits per heavy atom. The van der Waals surface area contributed by atoms with Gasteiger partial charge in [0.1, 0.15) is 5.56 Å². The van der Waals surface area contributed by atoms with Crippen molar-refractivity contribution in [3.63, 3.8) is 0 Å². The highest BCUT2D eigenvalue weighted by molar-refractivity contribution is 9.10. The van der Waals surface area contributed by atoms with E-state index in [1.165, 1.54) is 13.3 Å². The summed E-state index contributed by atoms with van der Waals surface area (Å²) in [4.78, 5) is 22.7. The van der Waals surface area contributed by atoms with Gasteiger partial charge in [0, 0.05) is 42.5 Å². The minimum absolute atomic E-state index is 0.171. The van der Waals surface area contributed by atoms with Gasteiger partial charge in [-0.1, -0.05) is 6.07 Å². The van der Waals surface area contributed by atoms with Gasteiger partial charge in [0.2, 0.25) is 5.95 Å². The van der Waals surface area contributed by atoms with Crippen LogP contribution in [0.25, 0.3) is 22.2 Å². The molecule has 4 N–H and O–H groups in total. The van der Waals surface area contributed by atoms with Crippen molar-refractivity contribution in [3.05, 3.63) is 34.6 Å². The molecule has 12 heteroatoms. The number of ether oxygens (including phenoxy) is 1. The highest BCUT2D eigenvalue weighted by atomic mass is 79.9. The Labute approximate surface area is 188 Å². The fourth-order valence-corrected chi connectivity index (χ4v) is 4.82. The van der Waals surface area contributed by atoms with Crippen LogP contribution in [0.15, 0.2) is 29.0 Å². The van der Waals surface area contributed by atoms with Crippen LogP contribution in [0.5, 0.6) is 0 Å². The van der Waals surface area contributed by atoms with Crippen molar-refractivity contribution >= 4 is 44.6 Å². The number of carbonyl (C=O) groups excluding carboxylic acids is 1. The van der Waals surface area contributed by atoms with Gasteiger partial charge in [0.25, 0.3) is 0 Å². The molecule has 168 valence electrons. The molecule has 1 aliphatic carbocycles. The van der Waals surface area contributed by atoms with Gasteiger partial charge in [0.15, 0.2) is 0 Å². The number of anilines is 2. The lowest BCUT2D eigenvalue weighted by atomic mass is 10.1. The smallest absolute Gasteiger partial charge is 0.419 e. The fourth-order valence-electron chi connectivity index (χ4n) is 4.26. The average Bonchev–Trinajstić information content (AvgIpc) is 3.14. The Bertz CT molecular complexity index is 1200. The summed E-state index contributed by atoms with van der Waals surface area (Å²) in [5, 5.41) is 9.51. The van der Waals surface area contributed by atoms with E-state index in [2.05, 4.69) is 51.6 Å². The van der Waals surface area contributed by atoms with Crippen LogP contribution in [0.3, 0.4) is 0 Å². The summed E-state index contributed by atoms with van der Waals surface area (Å²) in [5.74, 6) is 1.08. The van der Waals surface area contributed by atoms with Crippen LogP contribution in [0.2, 0.25) is 0 Å². The number of alkyl halides is 3. The first-order valence-corrected chi connectivity index (χ1v) is 10.6. The average molecular weight is 511 g/mol. The summed E-state index contributed by atoms with van der Waals surface area (Å²) >= 11 is 3.39. The summed E-state index contributed by atoms with van der Waals surface area (Å²) < 4.78 is 46.4. The Morgan fingerprint density at radius 3 is 2.72 bits per heavy atom. The predicted molar refractivity (Wildman–Crippen MR) is 115 cm³/mol. The van der Waals surface area contributed by atoms with E-state index < -0.39 is 17.8 Å². The molecular weight excluding hydrogens is 493 g/mol. The van der Waals surface area contributed by atoms with Gasteiger partial charge in [0.05, 0.1) is 28.5 Å². The molecule has 5 rings (SSSR count). The van der Waals surface area contributed by atoms with Crippen LogP contribution < -0.4 is 16.0 Å². The first-order valence-electron chi connectivity index (χ1n) is 9.84. The monoisotopic (exact) mass is 510 g/mol. The van der Waals surface area contributed by atoms with Gasteiger partial charge in [-0.05, 0) is 33.8 Å². The maximum absolute atomic E-state index is 13.8. The number of piperidine rings is 1. The number of aromatic amines is 1. The van der Waals surface area contributed by atoms with E-state index in [0.29, 0.717) is 32.9 Å². The molecule has 32 heavy (non-hydrogen) atoms. The van der Waals surface area contributed by atoms with Gasteiger partial charge < -0.3 is 20.4 Å². The van der Waals surface area contributed by atoms with Gasteiger partial charge in [-0.25, -0.2) is 14.8 Å². The molecule has 8 nitrogen and oxygen atoms in total. The second-order valence-corrected chi connectivity index (χ2v) is 8.57. The molecule has 1 aromatic carbocycles. The summed E-state index contributed by atoms with van der Waals surface area (Å²) in [7, 11) is 1.24. The summed E-state index contributed by atoms with van der Waals surface area (Å²) in [5.41, 5.74) is 0.0617. The third-order valence-electron chi connectivity index (χ3n) is 5.95. The Morgan fingerprint density at radius 1 is 1.28 bits per heavy atom. The lowest BCUT2D eigenvalue weighted by molar-refractivity contribution is -0.137. The van der Waals surface area contributed by atoms with Crippen molar-refractivity contribution in [1.29, 1.82) is 0 Å². The minimum atomic E-state index is -4.62. The largest absolute Gasteiger partial charge is 0.453 e. The molecule has 2 aromatic heterocycles. The van der Waals surface area contributed by atoms with Gasteiger partial charge in [-0.3, -0.25) is 5.32 Å². The minimum Gasteiger partial charge on any atom is -0.453 e. The van der Waals surface area contributed by atoms with E-state index in [-0.39, 0.29) is 23.2 Å². The molecular formula is C20H18BrF3N6O2. The molecule has 2 fully saturated rings. The maximum atomic E-state index is 13.8.